The van der Waals surface area contributed by atoms with Crippen molar-refractivity contribution in [3.63, 3.8) is 0 Å². The van der Waals surface area contributed by atoms with Gasteiger partial charge in [0, 0.05) is 12.8 Å². The lowest BCUT2D eigenvalue weighted by molar-refractivity contribution is -0.121. The van der Waals surface area contributed by atoms with Crippen LogP contribution in [-0.4, -0.2) is 24.0 Å². The summed E-state index contributed by atoms with van der Waals surface area (Å²) in [5.41, 5.74) is 2.96. The van der Waals surface area contributed by atoms with Crippen LogP contribution in [0.2, 0.25) is 0 Å². The molecule has 5 heteroatoms. The van der Waals surface area contributed by atoms with Crippen LogP contribution >= 0.6 is 0 Å². The minimum Gasteiger partial charge on any atom is -0.492 e. The lowest BCUT2D eigenvalue weighted by Gasteiger charge is -2.19. The fourth-order valence-electron chi connectivity index (χ4n) is 2.75. The van der Waals surface area contributed by atoms with Gasteiger partial charge in [0.1, 0.15) is 17.9 Å². The molecule has 5 nitrogen and oxygen atoms in total. The van der Waals surface area contributed by atoms with E-state index in [1.165, 1.54) is 5.56 Å². The number of benzene rings is 2. The van der Waals surface area contributed by atoms with Crippen molar-refractivity contribution in [3.8, 4) is 5.75 Å². The number of fused-ring (bicyclic) bond motifs is 1. The SMILES string of the molecule is CC(C)(C)c1ccc(OCCNC(=O)CCc2nc3ccccc3o2)cc1. The minimum absolute atomic E-state index is 0.0380. The molecule has 0 atom stereocenters. The molecule has 27 heavy (non-hydrogen) atoms. The first-order valence-electron chi connectivity index (χ1n) is 9.26. The first-order valence-corrected chi connectivity index (χ1v) is 9.26. The summed E-state index contributed by atoms with van der Waals surface area (Å²) in [6, 6.07) is 15.7. The number of carbonyl (C=O) groups excluding carboxylic acids is 1. The number of oxazole rings is 1. The number of para-hydroxylation sites is 2. The molecule has 142 valence electrons. The van der Waals surface area contributed by atoms with E-state index >= 15 is 0 Å². The third-order valence-electron chi connectivity index (χ3n) is 4.32. The standard InChI is InChI=1S/C22H26N2O3/c1-22(2,3)16-8-10-17(11-9-16)26-15-14-23-20(25)12-13-21-24-18-6-4-5-7-19(18)27-21/h4-11H,12-15H2,1-3H3,(H,23,25). The number of nitrogens with zero attached hydrogens (tertiary/aromatic N) is 1. The molecular weight excluding hydrogens is 340 g/mol. The fourth-order valence-corrected chi connectivity index (χ4v) is 2.75. The Hall–Kier alpha value is -2.82. The van der Waals surface area contributed by atoms with Crippen molar-refractivity contribution >= 4 is 17.0 Å². The molecule has 0 saturated heterocycles. The van der Waals surface area contributed by atoms with Crippen LogP contribution in [0, 0.1) is 0 Å². The Labute approximate surface area is 159 Å². The van der Waals surface area contributed by atoms with Crippen molar-refractivity contribution in [3.05, 3.63) is 60.0 Å². The third kappa shape index (κ3) is 5.33. The van der Waals surface area contributed by atoms with E-state index in [0.29, 0.717) is 31.9 Å². The van der Waals surface area contributed by atoms with Crippen molar-refractivity contribution in [2.45, 2.75) is 39.0 Å². The second-order valence-electron chi connectivity index (χ2n) is 7.55. The third-order valence-corrected chi connectivity index (χ3v) is 4.32. The summed E-state index contributed by atoms with van der Waals surface area (Å²) in [7, 11) is 0. The fraction of sp³-hybridized carbons (Fsp3) is 0.364. The van der Waals surface area contributed by atoms with Crippen molar-refractivity contribution in [1.82, 2.24) is 10.3 Å². The van der Waals surface area contributed by atoms with Gasteiger partial charge in [0.05, 0.1) is 6.54 Å². The van der Waals surface area contributed by atoms with Gasteiger partial charge in [-0.25, -0.2) is 4.98 Å². The van der Waals surface area contributed by atoms with Gasteiger partial charge in [-0.3, -0.25) is 4.79 Å². The van der Waals surface area contributed by atoms with Gasteiger partial charge in [-0.2, -0.15) is 0 Å². The molecule has 0 saturated carbocycles. The molecule has 0 radical (unpaired) electrons. The van der Waals surface area contributed by atoms with Gasteiger partial charge in [0.2, 0.25) is 5.91 Å². The predicted octanol–water partition coefficient (Wildman–Crippen LogP) is 4.25. The van der Waals surface area contributed by atoms with Crippen LogP contribution in [0.3, 0.4) is 0 Å². The summed E-state index contributed by atoms with van der Waals surface area (Å²) in [6.07, 6.45) is 0.822. The van der Waals surface area contributed by atoms with Crippen molar-refractivity contribution in [1.29, 1.82) is 0 Å². The molecule has 2 aromatic carbocycles. The molecule has 0 unspecified atom stereocenters. The van der Waals surface area contributed by atoms with Crippen molar-refractivity contribution < 1.29 is 13.9 Å². The normalized spacial score (nSPS) is 11.5. The Bertz CT molecular complexity index is 859. The molecule has 3 aromatic rings. The van der Waals surface area contributed by atoms with Crippen molar-refractivity contribution in [2.24, 2.45) is 0 Å². The van der Waals surface area contributed by atoms with Gasteiger partial charge in [0.15, 0.2) is 11.5 Å². The summed E-state index contributed by atoms with van der Waals surface area (Å²) in [5.74, 6) is 1.36. The molecule has 0 bridgehead atoms. The quantitative estimate of drug-likeness (QED) is 0.635. The van der Waals surface area contributed by atoms with E-state index in [9.17, 15) is 4.79 Å². The van der Waals surface area contributed by atoms with Gasteiger partial charge in [-0.1, -0.05) is 45.0 Å². The molecule has 1 N–H and O–H groups in total. The van der Waals surface area contributed by atoms with Crippen LogP contribution < -0.4 is 10.1 Å². The maximum absolute atomic E-state index is 12.0. The molecule has 3 rings (SSSR count). The molecule has 1 aromatic heterocycles. The number of ether oxygens (including phenoxy) is 1. The first-order chi connectivity index (χ1) is 12.9. The van der Waals surface area contributed by atoms with E-state index in [2.05, 4.69) is 43.2 Å². The Balaban J connectivity index is 1.37. The maximum Gasteiger partial charge on any atom is 0.220 e. The van der Waals surface area contributed by atoms with Crippen LogP contribution in [0.25, 0.3) is 11.1 Å². The summed E-state index contributed by atoms with van der Waals surface area (Å²) in [4.78, 5) is 16.3. The zero-order valence-corrected chi connectivity index (χ0v) is 16.1. The number of hydrogen-bond donors (Lipinski definition) is 1. The minimum atomic E-state index is -0.0380. The van der Waals surface area contributed by atoms with Crippen LogP contribution in [0.5, 0.6) is 5.75 Å². The molecule has 1 amide bonds. The lowest BCUT2D eigenvalue weighted by Crippen LogP contribution is -2.28. The monoisotopic (exact) mass is 366 g/mol. The number of hydrogen-bond acceptors (Lipinski definition) is 4. The number of rotatable bonds is 7. The van der Waals surface area contributed by atoms with E-state index in [1.807, 2.05) is 36.4 Å². The van der Waals surface area contributed by atoms with E-state index in [4.69, 9.17) is 9.15 Å². The van der Waals surface area contributed by atoms with Crippen LogP contribution in [0.4, 0.5) is 0 Å². The number of nitrogens with one attached hydrogen (secondary N) is 1. The van der Waals surface area contributed by atoms with Crippen molar-refractivity contribution in [2.75, 3.05) is 13.2 Å². The van der Waals surface area contributed by atoms with Crippen LogP contribution in [0.1, 0.15) is 38.6 Å². The highest BCUT2D eigenvalue weighted by atomic mass is 16.5. The zero-order valence-electron chi connectivity index (χ0n) is 16.1. The highest BCUT2D eigenvalue weighted by molar-refractivity contribution is 5.76. The largest absolute Gasteiger partial charge is 0.492 e. The second-order valence-corrected chi connectivity index (χ2v) is 7.55. The average molecular weight is 366 g/mol. The lowest BCUT2D eigenvalue weighted by atomic mass is 9.87. The van der Waals surface area contributed by atoms with Gasteiger partial charge < -0.3 is 14.5 Å². The molecule has 1 heterocycles. The zero-order chi connectivity index (χ0) is 19.3. The Kier molecular flexibility index (Phi) is 5.79. The number of carbonyl (C=O) groups is 1. The molecule has 0 fully saturated rings. The Morgan fingerprint density at radius 1 is 1.11 bits per heavy atom. The van der Waals surface area contributed by atoms with Gasteiger partial charge in [0.25, 0.3) is 0 Å². The van der Waals surface area contributed by atoms with Gasteiger partial charge in [-0.05, 0) is 35.2 Å². The maximum atomic E-state index is 12.0. The number of amides is 1. The summed E-state index contributed by atoms with van der Waals surface area (Å²) >= 11 is 0. The molecule has 0 aliphatic carbocycles. The first kappa shape index (κ1) is 19.0. The summed E-state index contributed by atoms with van der Waals surface area (Å²) < 4.78 is 11.3. The van der Waals surface area contributed by atoms with E-state index < -0.39 is 0 Å². The van der Waals surface area contributed by atoms with E-state index in [1.54, 1.807) is 0 Å². The molecule has 0 spiro atoms. The van der Waals surface area contributed by atoms with E-state index in [0.717, 1.165) is 16.8 Å². The number of aromatic nitrogens is 1. The molecular formula is C22H26N2O3. The van der Waals surface area contributed by atoms with Gasteiger partial charge in [-0.15, -0.1) is 0 Å². The topological polar surface area (TPSA) is 64.4 Å². The van der Waals surface area contributed by atoms with E-state index in [-0.39, 0.29) is 11.3 Å². The summed E-state index contributed by atoms with van der Waals surface area (Å²) in [5, 5.41) is 2.86. The second kappa shape index (κ2) is 8.25. The predicted molar refractivity (Wildman–Crippen MR) is 106 cm³/mol. The van der Waals surface area contributed by atoms with Crippen LogP contribution in [0.15, 0.2) is 52.9 Å². The summed E-state index contributed by atoms with van der Waals surface area (Å²) in [6.45, 7) is 7.44. The highest BCUT2D eigenvalue weighted by Gasteiger charge is 2.13. The Morgan fingerprint density at radius 3 is 2.56 bits per heavy atom. The van der Waals surface area contributed by atoms with Gasteiger partial charge >= 0.3 is 0 Å². The average Bonchev–Trinajstić information content (AvgIpc) is 3.06. The smallest absolute Gasteiger partial charge is 0.220 e. The number of aryl methyl sites for hydroxylation is 1. The Morgan fingerprint density at radius 2 is 1.85 bits per heavy atom. The van der Waals surface area contributed by atoms with Crippen LogP contribution in [-0.2, 0) is 16.6 Å². The molecule has 0 aliphatic rings. The highest BCUT2D eigenvalue weighted by Crippen LogP contribution is 2.24. The molecule has 0 aliphatic heterocycles.